The van der Waals surface area contributed by atoms with Gasteiger partial charge in [0, 0.05) is 12.1 Å². The number of nitrogens with two attached hydrogens (primary N) is 1. The van der Waals surface area contributed by atoms with Gasteiger partial charge in [0.05, 0.1) is 17.1 Å². The standard InChI is InChI=1S/C12H9F3N2/c13-7-5-9(15)12(6-8(7)14)17-11-4-2-1-3-10(11)16/h1-6,17H,16H2. The molecule has 88 valence electrons. The van der Waals surface area contributed by atoms with Crippen LogP contribution in [-0.4, -0.2) is 0 Å². The summed E-state index contributed by atoms with van der Waals surface area (Å²) < 4.78 is 39.0. The Morgan fingerprint density at radius 1 is 0.824 bits per heavy atom. The van der Waals surface area contributed by atoms with E-state index in [0.717, 1.165) is 6.07 Å². The van der Waals surface area contributed by atoms with E-state index in [1.54, 1.807) is 24.3 Å². The largest absolute Gasteiger partial charge is 0.397 e. The van der Waals surface area contributed by atoms with Crippen molar-refractivity contribution in [2.24, 2.45) is 0 Å². The third-order valence-corrected chi connectivity index (χ3v) is 2.24. The summed E-state index contributed by atoms with van der Waals surface area (Å²) in [4.78, 5) is 0. The van der Waals surface area contributed by atoms with Crippen molar-refractivity contribution in [3.63, 3.8) is 0 Å². The van der Waals surface area contributed by atoms with E-state index in [4.69, 9.17) is 5.73 Å². The molecular weight excluding hydrogens is 229 g/mol. The molecule has 0 amide bonds. The molecule has 3 N–H and O–H groups in total. The first-order valence-electron chi connectivity index (χ1n) is 4.84. The predicted octanol–water partition coefficient (Wildman–Crippen LogP) is 3.43. The lowest BCUT2D eigenvalue weighted by Crippen LogP contribution is -1.99. The van der Waals surface area contributed by atoms with E-state index in [1.165, 1.54) is 0 Å². The first kappa shape index (κ1) is 11.3. The summed E-state index contributed by atoms with van der Waals surface area (Å²) in [7, 11) is 0. The molecule has 0 radical (unpaired) electrons. The highest BCUT2D eigenvalue weighted by molar-refractivity contribution is 5.72. The number of rotatable bonds is 2. The maximum Gasteiger partial charge on any atom is 0.161 e. The van der Waals surface area contributed by atoms with Gasteiger partial charge in [0.15, 0.2) is 11.6 Å². The molecule has 0 atom stereocenters. The Morgan fingerprint density at radius 2 is 1.47 bits per heavy atom. The van der Waals surface area contributed by atoms with Gasteiger partial charge in [0.2, 0.25) is 0 Å². The van der Waals surface area contributed by atoms with Crippen molar-refractivity contribution < 1.29 is 13.2 Å². The molecule has 5 heteroatoms. The number of nitrogen functional groups attached to an aromatic ring is 1. The van der Waals surface area contributed by atoms with Crippen LogP contribution in [0.15, 0.2) is 36.4 Å². The van der Waals surface area contributed by atoms with Gasteiger partial charge in [0.1, 0.15) is 5.82 Å². The van der Waals surface area contributed by atoms with Gasteiger partial charge in [0.25, 0.3) is 0 Å². The molecule has 0 saturated heterocycles. The Balaban J connectivity index is 2.37. The Labute approximate surface area is 95.9 Å². The van der Waals surface area contributed by atoms with Gasteiger partial charge in [-0.3, -0.25) is 0 Å². The van der Waals surface area contributed by atoms with Crippen molar-refractivity contribution in [2.45, 2.75) is 0 Å². The van der Waals surface area contributed by atoms with E-state index in [9.17, 15) is 13.2 Å². The summed E-state index contributed by atoms with van der Waals surface area (Å²) in [5.41, 5.74) is 6.28. The van der Waals surface area contributed by atoms with Crippen LogP contribution in [-0.2, 0) is 0 Å². The Bertz CT molecular complexity index is 555. The van der Waals surface area contributed by atoms with Crippen molar-refractivity contribution in [1.29, 1.82) is 0 Å². The molecule has 0 aliphatic carbocycles. The Morgan fingerprint density at radius 3 is 2.18 bits per heavy atom. The normalized spacial score (nSPS) is 10.3. The van der Waals surface area contributed by atoms with Crippen LogP contribution < -0.4 is 11.1 Å². The summed E-state index contributed by atoms with van der Waals surface area (Å²) in [5, 5.41) is 2.60. The summed E-state index contributed by atoms with van der Waals surface area (Å²) in [6, 6.07) is 7.85. The topological polar surface area (TPSA) is 38.0 Å². The van der Waals surface area contributed by atoms with Gasteiger partial charge >= 0.3 is 0 Å². The number of halogens is 3. The first-order valence-corrected chi connectivity index (χ1v) is 4.84. The number of anilines is 3. The van der Waals surface area contributed by atoms with Crippen LogP contribution >= 0.6 is 0 Å². The molecule has 0 aromatic heterocycles. The number of benzene rings is 2. The van der Waals surface area contributed by atoms with E-state index >= 15 is 0 Å². The second-order valence-corrected chi connectivity index (χ2v) is 3.46. The summed E-state index contributed by atoms with van der Waals surface area (Å²) in [5.74, 6) is -3.23. The number of hydrogen-bond donors (Lipinski definition) is 2. The molecule has 2 nitrogen and oxygen atoms in total. The molecule has 0 aliphatic heterocycles. The van der Waals surface area contributed by atoms with Crippen LogP contribution in [0.1, 0.15) is 0 Å². The van der Waals surface area contributed by atoms with Gasteiger partial charge in [-0.15, -0.1) is 0 Å². The average molecular weight is 238 g/mol. The lowest BCUT2D eigenvalue weighted by atomic mass is 10.2. The lowest BCUT2D eigenvalue weighted by Gasteiger charge is -2.10. The molecule has 0 saturated carbocycles. The van der Waals surface area contributed by atoms with Crippen molar-refractivity contribution >= 4 is 17.1 Å². The summed E-state index contributed by atoms with van der Waals surface area (Å²) in [6.07, 6.45) is 0. The van der Waals surface area contributed by atoms with E-state index < -0.39 is 17.5 Å². The summed E-state index contributed by atoms with van der Waals surface area (Å²) in [6.45, 7) is 0. The van der Waals surface area contributed by atoms with E-state index in [-0.39, 0.29) is 5.69 Å². The van der Waals surface area contributed by atoms with Crippen LogP contribution in [0, 0.1) is 17.5 Å². The van der Waals surface area contributed by atoms with Gasteiger partial charge in [-0.1, -0.05) is 12.1 Å². The molecular formula is C12H9F3N2. The van der Waals surface area contributed by atoms with Crippen molar-refractivity contribution in [1.82, 2.24) is 0 Å². The highest BCUT2D eigenvalue weighted by atomic mass is 19.2. The van der Waals surface area contributed by atoms with E-state index in [0.29, 0.717) is 17.4 Å². The second kappa shape index (κ2) is 4.37. The van der Waals surface area contributed by atoms with Crippen LogP contribution in [0.25, 0.3) is 0 Å². The number of hydrogen-bond acceptors (Lipinski definition) is 2. The third-order valence-electron chi connectivity index (χ3n) is 2.24. The molecule has 0 heterocycles. The average Bonchev–Trinajstić information content (AvgIpc) is 2.29. The van der Waals surface area contributed by atoms with Crippen LogP contribution in [0.5, 0.6) is 0 Å². The van der Waals surface area contributed by atoms with Crippen LogP contribution in [0.4, 0.5) is 30.2 Å². The quantitative estimate of drug-likeness (QED) is 0.621. The molecule has 2 rings (SSSR count). The SMILES string of the molecule is Nc1ccccc1Nc1cc(F)c(F)cc1F. The molecule has 0 bridgehead atoms. The smallest absolute Gasteiger partial charge is 0.161 e. The van der Waals surface area contributed by atoms with Crippen molar-refractivity contribution in [2.75, 3.05) is 11.1 Å². The molecule has 2 aromatic carbocycles. The number of nitrogens with one attached hydrogen (secondary N) is 1. The van der Waals surface area contributed by atoms with Gasteiger partial charge in [-0.25, -0.2) is 13.2 Å². The fourth-order valence-electron chi connectivity index (χ4n) is 1.37. The summed E-state index contributed by atoms with van der Waals surface area (Å²) >= 11 is 0. The Hall–Kier alpha value is -2.17. The van der Waals surface area contributed by atoms with Gasteiger partial charge in [-0.05, 0) is 12.1 Å². The zero-order valence-corrected chi connectivity index (χ0v) is 8.68. The molecule has 0 spiro atoms. The maximum atomic E-state index is 13.3. The van der Waals surface area contributed by atoms with E-state index in [2.05, 4.69) is 5.32 Å². The fraction of sp³-hybridized carbons (Fsp3) is 0. The van der Waals surface area contributed by atoms with Crippen LogP contribution in [0.2, 0.25) is 0 Å². The minimum absolute atomic E-state index is 0.165. The molecule has 0 aliphatic rings. The zero-order valence-electron chi connectivity index (χ0n) is 8.68. The van der Waals surface area contributed by atoms with Gasteiger partial charge in [-0.2, -0.15) is 0 Å². The third kappa shape index (κ3) is 2.33. The minimum atomic E-state index is -1.23. The molecule has 2 aromatic rings. The fourth-order valence-corrected chi connectivity index (χ4v) is 1.37. The monoisotopic (exact) mass is 238 g/mol. The molecule has 17 heavy (non-hydrogen) atoms. The van der Waals surface area contributed by atoms with Crippen LogP contribution in [0.3, 0.4) is 0 Å². The van der Waals surface area contributed by atoms with Crippen molar-refractivity contribution in [3.8, 4) is 0 Å². The lowest BCUT2D eigenvalue weighted by molar-refractivity contribution is 0.496. The molecule has 0 unspecified atom stereocenters. The van der Waals surface area contributed by atoms with Crippen molar-refractivity contribution in [3.05, 3.63) is 53.8 Å². The highest BCUT2D eigenvalue weighted by Gasteiger charge is 2.10. The second-order valence-electron chi connectivity index (χ2n) is 3.46. The Kier molecular flexibility index (Phi) is 2.91. The predicted molar refractivity (Wildman–Crippen MR) is 60.5 cm³/mol. The highest BCUT2D eigenvalue weighted by Crippen LogP contribution is 2.25. The van der Waals surface area contributed by atoms with Gasteiger partial charge < -0.3 is 11.1 Å². The maximum absolute atomic E-state index is 13.3. The van der Waals surface area contributed by atoms with E-state index in [1.807, 2.05) is 0 Å². The first-order chi connectivity index (χ1) is 8.08. The number of para-hydroxylation sites is 2. The minimum Gasteiger partial charge on any atom is -0.397 e. The zero-order chi connectivity index (χ0) is 12.4. The molecule has 0 fully saturated rings.